The fourth-order valence-corrected chi connectivity index (χ4v) is 1.97. The second kappa shape index (κ2) is 8.30. The Morgan fingerprint density at radius 3 is 2.71 bits per heavy atom. The number of benzene rings is 1. The topological polar surface area (TPSA) is 109 Å². The molecule has 0 aliphatic heterocycles. The molecular weight excluding hydrogens is 336 g/mol. The summed E-state index contributed by atoms with van der Waals surface area (Å²) in [4.78, 5) is 27.8. The molecular formula is C15H17ClN4O4. The number of rotatable bonds is 7. The van der Waals surface area contributed by atoms with Crippen molar-refractivity contribution in [2.75, 3.05) is 20.1 Å². The van der Waals surface area contributed by atoms with Crippen molar-refractivity contribution in [3.8, 4) is 11.4 Å². The predicted molar refractivity (Wildman–Crippen MR) is 86.7 cm³/mol. The lowest BCUT2D eigenvalue weighted by Crippen LogP contribution is -2.39. The zero-order valence-corrected chi connectivity index (χ0v) is 13.8. The molecule has 0 radical (unpaired) electrons. The highest BCUT2D eigenvalue weighted by atomic mass is 35.5. The Hall–Kier alpha value is -2.61. The summed E-state index contributed by atoms with van der Waals surface area (Å²) < 4.78 is 5.13. The quantitative estimate of drug-likeness (QED) is 0.789. The number of aromatic nitrogens is 2. The number of halogens is 1. The molecule has 0 saturated heterocycles. The third-order valence-corrected chi connectivity index (χ3v) is 3.45. The Kier molecular flexibility index (Phi) is 6.14. The molecule has 0 aliphatic carbocycles. The molecule has 0 fully saturated rings. The molecule has 9 heteroatoms. The van der Waals surface area contributed by atoms with Crippen LogP contribution in [0.4, 0.5) is 4.79 Å². The van der Waals surface area contributed by atoms with Crippen LogP contribution in [0, 0.1) is 0 Å². The monoisotopic (exact) mass is 352 g/mol. The molecule has 0 bridgehead atoms. The maximum atomic E-state index is 11.7. The highest BCUT2D eigenvalue weighted by molar-refractivity contribution is 6.30. The van der Waals surface area contributed by atoms with Gasteiger partial charge < -0.3 is 19.8 Å². The molecule has 2 rings (SSSR count). The van der Waals surface area contributed by atoms with Gasteiger partial charge in [0.05, 0.1) is 6.42 Å². The van der Waals surface area contributed by atoms with Crippen molar-refractivity contribution in [2.24, 2.45) is 0 Å². The van der Waals surface area contributed by atoms with Crippen LogP contribution in [0.1, 0.15) is 12.3 Å². The minimum absolute atomic E-state index is 0.0992. The molecule has 0 atom stereocenters. The van der Waals surface area contributed by atoms with E-state index in [0.29, 0.717) is 29.7 Å². The highest BCUT2D eigenvalue weighted by Gasteiger charge is 2.11. The Labute approximate surface area is 143 Å². The smallest absolute Gasteiger partial charge is 0.317 e. The van der Waals surface area contributed by atoms with Crippen LogP contribution in [0.25, 0.3) is 11.4 Å². The first-order chi connectivity index (χ1) is 11.5. The van der Waals surface area contributed by atoms with Crippen LogP contribution >= 0.6 is 11.6 Å². The summed E-state index contributed by atoms with van der Waals surface area (Å²) in [6, 6.07) is 6.70. The average molecular weight is 353 g/mol. The fraction of sp³-hybridized carbons (Fsp3) is 0.333. The van der Waals surface area contributed by atoms with E-state index in [1.165, 1.54) is 11.9 Å². The summed E-state index contributed by atoms with van der Waals surface area (Å²) in [6.07, 6.45) is 0.275. The van der Waals surface area contributed by atoms with E-state index in [9.17, 15) is 9.59 Å². The highest BCUT2D eigenvalue weighted by Crippen LogP contribution is 2.18. The Morgan fingerprint density at radius 2 is 2.04 bits per heavy atom. The molecule has 8 nitrogen and oxygen atoms in total. The number of carboxylic acid groups (broad SMARTS) is 1. The average Bonchev–Trinajstić information content (AvgIpc) is 3.02. The van der Waals surface area contributed by atoms with Gasteiger partial charge in [0.1, 0.15) is 0 Å². The van der Waals surface area contributed by atoms with Gasteiger partial charge in [-0.3, -0.25) is 4.79 Å². The van der Waals surface area contributed by atoms with E-state index < -0.39 is 5.97 Å². The molecule has 24 heavy (non-hydrogen) atoms. The number of nitrogens with zero attached hydrogens (tertiary/aromatic N) is 3. The Bertz CT molecular complexity index is 702. The summed E-state index contributed by atoms with van der Waals surface area (Å²) in [5.74, 6) is -0.102. The van der Waals surface area contributed by atoms with Crippen LogP contribution in [0.2, 0.25) is 5.02 Å². The molecule has 2 amide bonds. The number of aliphatic carboxylic acids is 1. The van der Waals surface area contributed by atoms with Crippen molar-refractivity contribution in [1.29, 1.82) is 0 Å². The number of urea groups is 1. The molecule has 0 aliphatic rings. The Morgan fingerprint density at radius 1 is 1.33 bits per heavy atom. The lowest BCUT2D eigenvalue weighted by molar-refractivity contribution is -0.137. The first kappa shape index (κ1) is 17.7. The fourth-order valence-electron chi connectivity index (χ4n) is 1.85. The van der Waals surface area contributed by atoms with Crippen molar-refractivity contribution in [1.82, 2.24) is 20.4 Å². The maximum absolute atomic E-state index is 11.7. The second-order valence-corrected chi connectivity index (χ2v) is 5.50. The largest absolute Gasteiger partial charge is 0.481 e. The van der Waals surface area contributed by atoms with Crippen molar-refractivity contribution >= 4 is 23.6 Å². The first-order valence-electron chi connectivity index (χ1n) is 7.25. The molecule has 2 N–H and O–H groups in total. The van der Waals surface area contributed by atoms with Gasteiger partial charge in [-0.1, -0.05) is 16.8 Å². The summed E-state index contributed by atoms with van der Waals surface area (Å²) >= 11 is 5.83. The Balaban J connectivity index is 1.80. The van der Waals surface area contributed by atoms with Crippen molar-refractivity contribution in [3.05, 3.63) is 35.2 Å². The molecule has 0 unspecified atom stereocenters. The van der Waals surface area contributed by atoms with Crippen LogP contribution in [-0.4, -0.2) is 52.3 Å². The summed E-state index contributed by atoms with van der Waals surface area (Å²) in [7, 11) is 1.53. The van der Waals surface area contributed by atoms with E-state index in [1.54, 1.807) is 24.3 Å². The summed E-state index contributed by atoms with van der Waals surface area (Å²) in [5.41, 5.74) is 0.784. The third-order valence-electron chi connectivity index (χ3n) is 3.19. The molecule has 2 aromatic rings. The molecule has 0 saturated carbocycles. The predicted octanol–water partition coefficient (Wildman–Crippen LogP) is 2.05. The summed E-state index contributed by atoms with van der Waals surface area (Å²) in [6.45, 7) is 0.445. The number of carboxylic acids is 1. The number of hydrogen-bond donors (Lipinski definition) is 2. The van der Waals surface area contributed by atoms with Crippen LogP contribution in [0.5, 0.6) is 0 Å². The number of hydrogen-bond acceptors (Lipinski definition) is 5. The minimum atomic E-state index is -0.949. The van der Waals surface area contributed by atoms with Crippen molar-refractivity contribution in [3.63, 3.8) is 0 Å². The second-order valence-electron chi connectivity index (χ2n) is 5.07. The van der Waals surface area contributed by atoms with Gasteiger partial charge in [-0.05, 0) is 24.3 Å². The number of nitrogens with one attached hydrogen (secondary N) is 1. The van der Waals surface area contributed by atoms with E-state index >= 15 is 0 Å². The lowest BCUT2D eigenvalue weighted by Gasteiger charge is -2.16. The molecule has 1 heterocycles. The number of carbonyl (C=O) groups is 2. The van der Waals surface area contributed by atoms with Gasteiger partial charge in [0, 0.05) is 37.1 Å². The first-order valence-corrected chi connectivity index (χ1v) is 7.63. The normalized spacial score (nSPS) is 10.4. The molecule has 1 aromatic carbocycles. The number of carbonyl (C=O) groups excluding carboxylic acids is 1. The zero-order valence-electron chi connectivity index (χ0n) is 13.0. The van der Waals surface area contributed by atoms with Crippen molar-refractivity contribution in [2.45, 2.75) is 12.8 Å². The van der Waals surface area contributed by atoms with Gasteiger partial charge in [0.2, 0.25) is 11.7 Å². The zero-order chi connectivity index (χ0) is 17.5. The summed E-state index contributed by atoms with van der Waals surface area (Å²) in [5, 5.41) is 15.7. The molecule has 1 aromatic heterocycles. The van der Waals surface area contributed by atoms with Crippen LogP contribution < -0.4 is 5.32 Å². The SMILES string of the molecule is CN(CCC(=O)O)C(=O)NCCc1nc(-c2ccc(Cl)cc2)no1. The minimum Gasteiger partial charge on any atom is -0.481 e. The van der Waals surface area contributed by atoms with Gasteiger partial charge in [-0.2, -0.15) is 4.98 Å². The van der Waals surface area contributed by atoms with E-state index in [2.05, 4.69) is 15.5 Å². The van der Waals surface area contributed by atoms with E-state index in [4.69, 9.17) is 21.2 Å². The van der Waals surface area contributed by atoms with E-state index in [1.807, 2.05) is 0 Å². The van der Waals surface area contributed by atoms with Gasteiger partial charge >= 0.3 is 12.0 Å². The lowest BCUT2D eigenvalue weighted by atomic mass is 10.2. The third kappa shape index (κ3) is 5.24. The standard InChI is InChI=1S/C15H17ClN4O4/c1-20(9-7-13(21)22)15(23)17-8-6-12-18-14(19-24-12)10-2-4-11(16)5-3-10/h2-5H,6-9H2,1H3,(H,17,23)(H,21,22). The molecule has 128 valence electrons. The van der Waals surface area contributed by atoms with Crippen LogP contribution in [0.15, 0.2) is 28.8 Å². The van der Waals surface area contributed by atoms with E-state index in [0.717, 1.165) is 5.56 Å². The van der Waals surface area contributed by atoms with Crippen molar-refractivity contribution < 1.29 is 19.2 Å². The van der Waals surface area contributed by atoms with E-state index in [-0.39, 0.29) is 19.0 Å². The molecule has 0 spiro atoms. The maximum Gasteiger partial charge on any atom is 0.317 e. The van der Waals surface area contributed by atoms with Crippen LogP contribution in [-0.2, 0) is 11.2 Å². The van der Waals surface area contributed by atoms with Gasteiger partial charge in [-0.25, -0.2) is 4.79 Å². The van der Waals surface area contributed by atoms with Crippen LogP contribution in [0.3, 0.4) is 0 Å². The van der Waals surface area contributed by atoms with Gasteiger partial charge in [-0.15, -0.1) is 0 Å². The van der Waals surface area contributed by atoms with Gasteiger partial charge in [0.25, 0.3) is 0 Å². The number of amides is 2. The van der Waals surface area contributed by atoms with Gasteiger partial charge in [0.15, 0.2) is 0 Å².